The Balaban J connectivity index is 0.00000200. The van der Waals surface area contributed by atoms with E-state index in [0.717, 1.165) is 0 Å². The summed E-state index contributed by atoms with van der Waals surface area (Å²) in [6.07, 6.45) is 0. The number of hydrogen-bond donors (Lipinski definition) is 0. The van der Waals surface area contributed by atoms with Gasteiger partial charge in [-0.3, -0.25) is 16.8 Å². The van der Waals surface area contributed by atoms with Crippen molar-refractivity contribution in [3.63, 3.8) is 0 Å². The molecule has 2 aromatic rings. The Bertz CT molecular complexity index is 687. The number of rotatable bonds is 4. The summed E-state index contributed by atoms with van der Waals surface area (Å²) in [5, 5.41) is 0.394. The molecule has 0 aliphatic heterocycles. The van der Waals surface area contributed by atoms with E-state index in [-0.39, 0.29) is 28.7 Å². The quantitative estimate of drug-likeness (QED) is 0.540. The molecule has 20 heavy (non-hydrogen) atoms. The van der Waals surface area contributed by atoms with E-state index in [4.69, 9.17) is 0 Å². The second-order valence-electron chi connectivity index (χ2n) is 3.81. The smallest absolute Gasteiger partial charge is 0.256 e. The first-order chi connectivity index (χ1) is 8.92. The van der Waals surface area contributed by atoms with Crippen LogP contribution in [0.5, 0.6) is 0 Å². The van der Waals surface area contributed by atoms with Crippen LogP contribution in [0.2, 0.25) is 0 Å². The first-order valence-corrected chi connectivity index (χ1v) is 8.46. The van der Waals surface area contributed by atoms with Crippen LogP contribution >= 0.6 is 0 Å². The van der Waals surface area contributed by atoms with Gasteiger partial charge in [0.05, 0.1) is 19.7 Å². The second-order valence-corrected chi connectivity index (χ2v) is 7.70. The molecule has 0 aliphatic carbocycles. The first-order valence-electron chi connectivity index (χ1n) is 5.37. The summed E-state index contributed by atoms with van der Waals surface area (Å²) in [4.78, 5) is -0.0935. The fourth-order valence-electron chi connectivity index (χ4n) is 1.50. The van der Waals surface area contributed by atoms with Crippen molar-refractivity contribution in [1.29, 1.82) is 0 Å². The van der Waals surface area contributed by atoms with Crippen molar-refractivity contribution < 1.29 is 35.7 Å². The number of benzene rings is 2. The predicted octanol–water partition coefficient (Wildman–Crippen LogP) is -0.943. The summed E-state index contributed by atoms with van der Waals surface area (Å²) in [6, 6.07) is 14.9. The zero-order valence-electron chi connectivity index (χ0n) is 10.8. The van der Waals surface area contributed by atoms with Gasteiger partial charge in [-0.2, -0.15) is 0 Å². The Kier molecular flexibility index (Phi) is 5.60. The van der Waals surface area contributed by atoms with Crippen molar-refractivity contribution in [1.82, 2.24) is 0 Å². The van der Waals surface area contributed by atoms with Gasteiger partial charge in [-0.15, -0.1) is 0 Å². The molecule has 0 radical (unpaired) electrons. The Labute approximate surface area is 130 Å². The third kappa shape index (κ3) is 3.97. The molecule has 0 amide bonds. The third-order valence-corrected chi connectivity index (χ3v) is 6.28. The molecule has 0 aromatic heterocycles. The van der Waals surface area contributed by atoms with Gasteiger partial charge in [-0.25, -0.2) is 0 Å². The van der Waals surface area contributed by atoms with E-state index in [9.17, 15) is 16.8 Å². The molecule has 0 spiro atoms. The van der Waals surface area contributed by atoms with E-state index >= 15 is 0 Å². The molecule has 4 nitrogen and oxygen atoms in total. The zero-order chi connectivity index (χ0) is 13.9. The zero-order valence-corrected chi connectivity index (χ0v) is 12.4. The number of sulfone groups is 2. The predicted molar refractivity (Wildman–Crippen MR) is 71.6 cm³/mol. The fraction of sp³-hybridized carbons (Fsp3) is 0. The second kappa shape index (κ2) is 6.59. The average molecular weight is 302 g/mol. The van der Waals surface area contributed by atoms with Gasteiger partial charge in [0.25, 0.3) is 0 Å². The third-order valence-electron chi connectivity index (χ3n) is 2.40. The van der Waals surface area contributed by atoms with Crippen molar-refractivity contribution in [2.24, 2.45) is 0 Å². The van der Waals surface area contributed by atoms with Crippen molar-refractivity contribution in [2.45, 2.75) is 9.79 Å². The van der Waals surface area contributed by atoms with E-state index < -0.39 is 19.7 Å². The molecule has 0 heterocycles. The van der Waals surface area contributed by atoms with Crippen LogP contribution in [0.15, 0.2) is 70.5 Å². The summed E-state index contributed by atoms with van der Waals surface area (Å²) in [7, 11) is -7.96. The molecular weight excluding hydrogens is 291 g/mol. The minimum atomic E-state index is -3.98. The monoisotopic (exact) mass is 302 g/mol. The summed E-state index contributed by atoms with van der Waals surface area (Å²) in [5.41, 5.74) is 0. The first kappa shape index (κ1) is 17.0. The maximum atomic E-state index is 12.0. The van der Waals surface area contributed by atoms with Crippen LogP contribution in [-0.2, 0) is 19.7 Å². The molecule has 0 saturated heterocycles. The molecule has 0 bridgehead atoms. The molecule has 100 valence electrons. The molecule has 0 aliphatic rings. The van der Waals surface area contributed by atoms with Crippen LogP contribution < -0.4 is 18.9 Å². The van der Waals surface area contributed by atoms with E-state index in [1.54, 1.807) is 12.1 Å². The average Bonchev–Trinajstić information content (AvgIpc) is 2.40. The van der Waals surface area contributed by atoms with Crippen molar-refractivity contribution in [2.75, 3.05) is 0 Å². The minimum Gasteiger partial charge on any atom is -0.256 e. The summed E-state index contributed by atoms with van der Waals surface area (Å²) >= 11 is 0. The van der Waals surface area contributed by atoms with Gasteiger partial charge in [-0.05, 0) is 24.3 Å². The van der Waals surface area contributed by atoms with E-state index in [1.807, 2.05) is 0 Å². The molecule has 0 fully saturated rings. The molecule has 0 saturated carbocycles. The Morgan fingerprint density at radius 3 is 1.20 bits per heavy atom. The number of hydrogen-bond acceptors (Lipinski definition) is 4. The van der Waals surface area contributed by atoms with Gasteiger partial charge >= 0.3 is 18.9 Å². The van der Waals surface area contributed by atoms with Gasteiger partial charge in [0.1, 0.15) is 0 Å². The normalized spacial score (nSPS) is 11.6. The Hall–Kier alpha value is -1.06. The van der Waals surface area contributed by atoms with Crippen molar-refractivity contribution in [3.05, 3.63) is 65.7 Å². The summed E-state index contributed by atoms with van der Waals surface area (Å²) < 4.78 is 47.9. The van der Waals surface area contributed by atoms with Crippen LogP contribution in [0.25, 0.3) is 0 Å². The van der Waals surface area contributed by atoms with Gasteiger partial charge in [0.2, 0.25) is 0 Å². The molecule has 0 unspecified atom stereocenters. The molecule has 0 atom stereocenters. The van der Waals surface area contributed by atoms with Crippen LogP contribution in [0.3, 0.4) is 0 Å². The van der Waals surface area contributed by atoms with Gasteiger partial charge in [0, 0.05) is 9.79 Å². The summed E-state index contributed by atoms with van der Waals surface area (Å²) in [6.45, 7) is 0. The maximum Gasteiger partial charge on any atom is 1.00 e. The summed E-state index contributed by atoms with van der Waals surface area (Å²) in [5.74, 6) is 0. The largest absolute Gasteiger partial charge is 1.00 e. The van der Waals surface area contributed by atoms with E-state index in [2.05, 4.69) is 0 Å². The van der Waals surface area contributed by atoms with Crippen LogP contribution in [0.4, 0.5) is 0 Å². The van der Waals surface area contributed by atoms with Crippen LogP contribution in [0.1, 0.15) is 0 Å². The molecule has 2 aromatic carbocycles. The fourth-order valence-corrected chi connectivity index (χ4v) is 4.79. The molecule has 0 N–H and O–H groups in total. The van der Waals surface area contributed by atoms with Gasteiger partial charge in [-0.1, -0.05) is 41.5 Å². The van der Waals surface area contributed by atoms with Crippen molar-refractivity contribution in [3.8, 4) is 0 Å². The Morgan fingerprint density at radius 2 is 0.900 bits per heavy atom. The van der Waals surface area contributed by atoms with Crippen molar-refractivity contribution >= 4 is 19.7 Å². The molecule has 2 rings (SSSR count). The van der Waals surface area contributed by atoms with Gasteiger partial charge in [0.15, 0.2) is 0 Å². The van der Waals surface area contributed by atoms with Gasteiger partial charge < -0.3 is 0 Å². The maximum absolute atomic E-state index is 12.0. The van der Waals surface area contributed by atoms with Crippen LogP contribution in [-0.4, -0.2) is 16.8 Å². The standard InChI is InChI=1S/C13H11O4S2.Li/c14-18(15,12-7-3-1-4-8-12)11-19(16,17)13-9-5-2-6-10-13;/h1-11H;/q-1;+1. The van der Waals surface area contributed by atoms with E-state index in [1.165, 1.54) is 48.5 Å². The van der Waals surface area contributed by atoms with Crippen LogP contribution in [0, 0.1) is 5.08 Å². The molecule has 7 heteroatoms. The Morgan fingerprint density at radius 1 is 0.600 bits per heavy atom. The minimum absolute atomic E-state index is 0. The molecular formula is C13H11LiO4S2. The topological polar surface area (TPSA) is 68.3 Å². The SMILES string of the molecule is O=S(=O)([CH-]S(=O)(=O)c1ccccc1)c1ccccc1.[Li+]. The van der Waals surface area contributed by atoms with E-state index in [0.29, 0.717) is 5.08 Å².